The molecule has 0 aliphatic heterocycles. The SMILES string of the molecule is Cc1ccc(NS(=O)(=O)c2cccc(C(=O)Nc3cccc(Cl)c3)c2)cc1. The van der Waals surface area contributed by atoms with E-state index in [0.29, 0.717) is 16.4 Å². The lowest BCUT2D eigenvalue weighted by Gasteiger charge is -2.10. The lowest BCUT2D eigenvalue weighted by Crippen LogP contribution is -2.16. The van der Waals surface area contributed by atoms with Crippen molar-refractivity contribution >= 4 is 38.9 Å². The highest BCUT2D eigenvalue weighted by Gasteiger charge is 2.16. The van der Waals surface area contributed by atoms with Gasteiger partial charge in [-0.3, -0.25) is 9.52 Å². The van der Waals surface area contributed by atoms with Crippen LogP contribution < -0.4 is 10.0 Å². The van der Waals surface area contributed by atoms with E-state index in [1.807, 2.05) is 19.1 Å². The van der Waals surface area contributed by atoms with Crippen LogP contribution in [-0.2, 0) is 10.0 Å². The maximum absolute atomic E-state index is 12.6. The molecule has 0 unspecified atom stereocenters. The second-order valence-electron chi connectivity index (χ2n) is 5.96. The van der Waals surface area contributed by atoms with Crippen molar-refractivity contribution in [1.29, 1.82) is 0 Å². The molecule has 3 aromatic carbocycles. The summed E-state index contributed by atoms with van der Waals surface area (Å²) >= 11 is 5.91. The van der Waals surface area contributed by atoms with Gasteiger partial charge in [-0.15, -0.1) is 0 Å². The summed E-state index contributed by atoms with van der Waals surface area (Å²) in [5, 5.41) is 3.19. The highest BCUT2D eigenvalue weighted by Crippen LogP contribution is 2.19. The summed E-state index contributed by atoms with van der Waals surface area (Å²) in [5.74, 6) is -0.426. The Morgan fingerprint density at radius 2 is 1.59 bits per heavy atom. The van der Waals surface area contributed by atoms with Crippen molar-refractivity contribution in [2.75, 3.05) is 10.0 Å². The predicted octanol–water partition coefficient (Wildman–Crippen LogP) is 4.70. The molecule has 0 aromatic heterocycles. The van der Waals surface area contributed by atoms with Crippen molar-refractivity contribution in [3.63, 3.8) is 0 Å². The second-order valence-corrected chi connectivity index (χ2v) is 8.08. The van der Waals surface area contributed by atoms with E-state index >= 15 is 0 Å². The molecule has 0 radical (unpaired) electrons. The van der Waals surface area contributed by atoms with Crippen LogP contribution in [0.3, 0.4) is 0 Å². The average Bonchev–Trinajstić information content (AvgIpc) is 2.63. The van der Waals surface area contributed by atoms with Crippen LogP contribution in [0.4, 0.5) is 11.4 Å². The largest absolute Gasteiger partial charge is 0.322 e. The number of aryl methyl sites for hydroxylation is 1. The summed E-state index contributed by atoms with van der Waals surface area (Å²) in [6.45, 7) is 1.92. The van der Waals surface area contributed by atoms with Gasteiger partial charge in [0.25, 0.3) is 15.9 Å². The van der Waals surface area contributed by atoms with Gasteiger partial charge >= 0.3 is 0 Å². The molecule has 1 amide bonds. The molecule has 7 heteroatoms. The maximum atomic E-state index is 12.6. The van der Waals surface area contributed by atoms with Gasteiger partial charge in [-0.05, 0) is 55.5 Å². The van der Waals surface area contributed by atoms with Crippen LogP contribution in [0.1, 0.15) is 15.9 Å². The molecule has 0 aliphatic carbocycles. The Hall–Kier alpha value is -2.83. The summed E-state index contributed by atoms with van der Waals surface area (Å²) in [4.78, 5) is 12.4. The topological polar surface area (TPSA) is 75.3 Å². The minimum atomic E-state index is -3.81. The number of carbonyl (C=O) groups excluding carboxylic acids is 1. The maximum Gasteiger partial charge on any atom is 0.261 e. The Morgan fingerprint density at radius 3 is 2.30 bits per heavy atom. The molecule has 3 rings (SSSR count). The van der Waals surface area contributed by atoms with E-state index in [1.54, 1.807) is 42.5 Å². The molecule has 138 valence electrons. The zero-order chi connectivity index (χ0) is 19.4. The summed E-state index contributed by atoms with van der Waals surface area (Å²) in [6.07, 6.45) is 0. The van der Waals surface area contributed by atoms with E-state index in [1.165, 1.54) is 18.2 Å². The van der Waals surface area contributed by atoms with Gasteiger partial charge in [0.15, 0.2) is 0 Å². The quantitative estimate of drug-likeness (QED) is 0.651. The molecular formula is C20H17ClN2O3S. The Morgan fingerprint density at radius 1 is 0.889 bits per heavy atom. The van der Waals surface area contributed by atoms with E-state index in [-0.39, 0.29) is 10.5 Å². The predicted molar refractivity (Wildman–Crippen MR) is 108 cm³/mol. The minimum absolute atomic E-state index is 0.00168. The van der Waals surface area contributed by atoms with Crippen LogP contribution in [0, 0.1) is 6.92 Å². The first kappa shape index (κ1) is 18.9. The number of anilines is 2. The summed E-state index contributed by atoms with van der Waals surface area (Å²) in [6, 6.07) is 19.5. The third-order valence-corrected chi connectivity index (χ3v) is 5.41. The van der Waals surface area contributed by atoms with Gasteiger partial charge < -0.3 is 5.32 Å². The van der Waals surface area contributed by atoms with Gasteiger partial charge in [0, 0.05) is 22.0 Å². The van der Waals surface area contributed by atoms with Crippen LogP contribution in [0.25, 0.3) is 0 Å². The summed E-state index contributed by atoms with van der Waals surface area (Å²) < 4.78 is 27.7. The van der Waals surface area contributed by atoms with Crippen LogP contribution >= 0.6 is 11.6 Å². The molecule has 0 atom stereocenters. The number of carbonyl (C=O) groups is 1. The van der Waals surface area contributed by atoms with Gasteiger partial charge in [0.05, 0.1) is 4.90 Å². The first-order chi connectivity index (χ1) is 12.8. The molecule has 0 heterocycles. The number of hydrogen-bond donors (Lipinski definition) is 2. The van der Waals surface area contributed by atoms with Crippen molar-refractivity contribution in [3.05, 3.63) is 88.9 Å². The molecule has 0 bridgehead atoms. The van der Waals surface area contributed by atoms with E-state index in [0.717, 1.165) is 5.56 Å². The Balaban J connectivity index is 1.81. The van der Waals surface area contributed by atoms with Crippen LogP contribution in [0.15, 0.2) is 77.7 Å². The number of amides is 1. The van der Waals surface area contributed by atoms with Gasteiger partial charge in [-0.2, -0.15) is 0 Å². The molecule has 0 fully saturated rings. The average molecular weight is 401 g/mol. The van der Waals surface area contributed by atoms with Gasteiger partial charge in [0.2, 0.25) is 0 Å². The lowest BCUT2D eigenvalue weighted by molar-refractivity contribution is 0.102. The summed E-state index contributed by atoms with van der Waals surface area (Å²) in [7, 11) is -3.81. The molecule has 0 saturated heterocycles. The third-order valence-electron chi connectivity index (χ3n) is 3.79. The number of hydrogen-bond acceptors (Lipinski definition) is 3. The highest BCUT2D eigenvalue weighted by atomic mass is 35.5. The first-order valence-corrected chi connectivity index (χ1v) is 9.96. The Kier molecular flexibility index (Phi) is 5.48. The first-order valence-electron chi connectivity index (χ1n) is 8.10. The second kappa shape index (κ2) is 7.82. The standard InChI is InChI=1S/C20H17ClN2O3S/c1-14-8-10-17(11-9-14)23-27(25,26)19-7-2-4-15(12-19)20(24)22-18-6-3-5-16(21)13-18/h2-13,23H,1H3,(H,22,24). The van der Waals surface area contributed by atoms with Crippen LogP contribution in [0.2, 0.25) is 5.02 Å². The fraction of sp³-hybridized carbons (Fsp3) is 0.0500. The monoisotopic (exact) mass is 400 g/mol. The Bertz CT molecular complexity index is 1080. The zero-order valence-electron chi connectivity index (χ0n) is 14.4. The Labute approximate surface area is 163 Å². The number of rotatable bonds is 5. The molecule has 2 N–H and O–H groups in total. The van der Waals surface area contributed by atoms with Crippen molar-refractivity contribution in [2.45, 2.75) is 11.8 Å². The van der Waals surface area contributed by atoms with Gasteiger partial charge in [-0.25, -0.2) is 8.42 Å². The lowest BCUT2D eigenvalue weighted by atomic mass is 10.2. The van der Waals surface area contributed by atoms with Crippen molar-refractivity contribution in [1.82, 2.24) is 0 Å². The van der Waals surface area contributed by atoms with Crippen LogP contribution in [0.5, 0.6) is 0 Å². The smallest absolute Gasteiger partial charge is 0.261 e. The van der Waals surface area contributed by atoms with Gasteiger partial charge in [-0.1, -0.05) is 41.4 Å². The van der Waals surface area contributed by atoms with E-state index in [4.69, 9.17) is 11.6 Å². The van der Waals surface area contributed by atoms with Crippen LogP contribution in [-0.4, -0.2) is 14.3 Å². The molecule has 3 aromatic rings. The van der Waals surface area contributed by atoms with Gasteiger partial charge in [0.1, 0.15) is 0 Å². The molecular weight excluding hydrogens is 384 g/mol. The number of sulfonamides is 1. The number of nitrogens with one attached hydrogen (secondary N) is 2. The fourth-order valence-electron chi connectivity index (χ4n) is 2.41. The highest BCUT2D eigenvalue weighted by molar-refractivity contribution is 7.92. The van der Waals surface area contributed by atoms with E-state index in [9.17, 15) is 13.2 Å². The molecule has 0 spiro atoms. The molecule has 0 saturated carbocycles. The zero-order valence-corrected chi connectivity index (χ0v) is 16.0. The van der Waals surface area contributed by atoms with E-state index < -0.39 is 15.9 Å². The molecule has 0 aliphatic rings. The molecule has 5 nitrogen and oxygen atoms in total. The normalized spacial score (nSPS) is 11.0. The van der Waals surface area contributed by atoms with Crippen molar-refractivity contribution < 1.29 is 13.2 Å². The number of benzene rings is 3. The fourth-order valence-corrected chi connectivity index (χ4v) is 3.70. The molecule has 27 heavy (non-hydrogen) atoms. The third kappa shape index (κ3) is 4.87. The number of halogens is 1. The van der Waals surface area contributed by atoms with Crippen molar-refractivity contribution in [2.24, 2.45) is 0 Å². The minimum Gasteiger partial charge on any atom is -0.322 e. The van der Waals surface area contributed by atoms with E-state index in [2.05, 4.69) is 10.0 Å². The van der Waals surface area contributed by atoms with Crippen molar-refractivity contribution in [3.8, 4) is 0 Å². The summed E-state index contributed by atoms with van der Waals surface area (Å²) in [5.41, 5.74) is 2.23.